The Labute approximate surface area is 147 Å². The second-order valence-electron chi connectivity index (χ2n) is 5.80. The van der Waals surface area contributed by atoms with Crippen molar-refractivity contribution in [3.63, 3.8) is 0 Å². The molecule has 2 rings (SSSR count). The summed E-state index contributed by atoms with van der Waals surface area (Å²) < 4.78 is 15.7. The van der Waals surface area contributed by atoms with E-state index in [9.17, 15) is 9.59 Å². The molecule has 0 N–H and O–H groups in total. The number of ketones is 1. The van der Waals surface area contributed by atoms with E-state index in [-0.39, 0.29) is 19.0 Å². The fourth-order valence-corrected chi connectivity index (χ4v) is 2.67. The van der Waals surface area contributed by atoms with Crippen LogP contribution in [0, 0.1) is 20.8 Å². The average Bonchev–Trinajstić information content (AvgIpc) is 2.58. The molecule has 2 aromatic carbocycles. The summed E-state index contributed by atoms with van der Waals surface area (Å²) >= 11 is 0. The number of aryl methyl sites for hydroxylation is 3. The van der Waals surface area contributed by atoms with E-state index in [1.165, 1.54) is 7.11 Å². The summed E-state index contributed by atoms with van der Waals surface area (Å²) in [5, 5.41) is 0. The van der Waals surface area contributed by atoms with Crippen molar-refractivity contribution in [2.75, 3.05) is 20.3 Å². The summed E-state index contributed by atoms with van der Waals surface area (Å²) in [6, 6.07) is 10.8. The Morgan fingerprint density at radius 3 is 2.24 bits per heavy atom. The lowest BCUT2D eigenvalue weighted by atomic mass is 10.1. The highest BCUT2D eigenvalue weighted by Crippen LogP contribution is 2.24. The number of carbonyl (C=O) groups is 2. The Morgan fingerprint density at radius 1 is 0.960 bits per heavy atom. The first-order valence-electron chi connectivity index (χ1n) is 7.95. The summed E-state index contributed by atoms with van der Waals surface area (Å²) in [6.45, 7) is 5.25. The van der Waals surface area contributed by atoms with Crippen molar-refractivity contribution in [3.05, 3.63) is 58.7 Å². The number of methoxy groups -OCH3 is 1. The van der Waals surface area contributed by atoms with E-state index < -0.39 is 5.97 Å². The van der Waals surface area contributed by atoms with Crippen molar-refractivity contribution in [1.29, 1.82) is 0 Å². The van der Waals surface area contributed by atoms with Crippen molar-refractivity contribution in [3.8, 4) is 11.5 Å². The molecule has 0 spiro atoms. The Bertz CT molecular complexity index is 756. The van der Waals surface area contributed by atoms with E-state index in [0.717, 1.165) is 16.7 Å². The number of ether oxygens (including phenoxy) is 3. The topological polar surface area (TPSA) is 61.8 Å². The average molecular weight is 342 g/mol. The molecule has 132 valence electrons. The third-order valence-corrected chi connectivity index (χ3v) is 3.71. The lowest BCUT2D eigenvalue weighted by Gasteiger charge is -2.13. The minimum Gasteiger partial charge on any atom is -0.496 e. The number of para-hydroxylation sites is 1. The van der Waals surface area contributed by atoms with Crippen LogP contribution in [0.3, 0.4) is 0 Å². The number of Topliss-reactive ketones (excluding diaryl/α,β-unsaturated/α-hetero) is 1. The van der Waals surface area contributed by atoms with Crippen LogP contribution in [0.2, 0.25) is 0 Å². The Morgan fingerprint density at radius 2 is 1.60 bits per heavy atom. The second kappa shape index (κ2) is 8.33. The summed E-state index contributed by atoms with van der Waals surface area (Å²) in [5.74, 6) is 0.195. The number of esters is 1. The molecule has 5 nitrogen and oxygen atoms in total. The van der Waals surface area contributed by atoms with Crippen molar-refractivity contribution >= 4 is 11.8 Å². The van der Waals surface area contributed by atoms with Crippen LogP contribution in [-0.4, -0.2) is 32.1 Å². The van der Waals surface area contributed by atoms with Crippen LogP contribution in [0.1, 0.15) is 27.0 Å². The van der Waals surface area contributed by atoms with Gasteiger partial charge in [0.25, 0.3) is 0 Å². The molecule has 0 saturated carbocycles. The van der Waals surface area contributed by atoms with E-state index in [1.807, 2.05) is 32.9 Å². The molecule has 0 radical (unpaired) electrons. The van der Waals surface area contributed by atoms with Crippen molar-refractivity contribution in [2.45, 2.75) is 20.8 Å². The minimum absolute atomic E-state index is 0.246. The first kappa shape index (κ1) is 18.5. The van der Waals surface area contributed by atoms with Gasteiger partial charge in [0.1, 0.15) is 11.5 Å². The van der Waals surface area contributed by atoms with Gasteiger partial charge in [-0.3, -0.25) is 4.79 Å². The highest BCUT2D eigenvalue weighted by atomic mass is 16.6. The summed E-state index contributed by atoms with van der Waals surface area (Å²) in [5.41, 5.74) is 3.42. The van der Waals surface area contributed by atoms with E-state index in [4.69, 9.17) is 14.2 Å². The highest BCUT2D eigenvalue weighted by molar-refractivity contribution is 6.00. The molecule has 0 amide bonds. The van der Waals surface area contributed by atoms with Gasteiger partial charge in [-0.05, 0) is 44.0 Å². The van der Waals surface area contributed by atoms with Gasteiger partial charge >= 0.3 is 5.97 Å². The zero-order chi connectivity index (χ0) is 18.4. The maximum atomic E-state index is 12.2. The molecule has 0 heterocycles. The van der Waals surface area contributed by atoms with Crippen LogP contribution in [0.15, 0.2) is 36.4 Å². The standard InChI is InChI=1S/C20H22O5/c1-13-9-14(2)20(15(3)10-13)25-12-19(22)24-11-17(21)16-7-5-6-8-18(16)23-4/h5-10H,11-12H2,1-4H3. The fourth-order valence-electron chi connectivity index (χ4n) is 2.67. The number of hydrogen-bond donors (Lipinski definition) is 0. The molecular formula is C20H22O5. The summed E-state index contributed by atoms with van der Waals surface area (Å²) in [4.78, 5) is 24.0. The van der Waals surface area contributed by atoms with Gasteiger partial charge in [-0.1, -0.05) is 29.8 Å². The number of hydrogen-bond acceptors (Lipinski definition) is 5. The molecule has 0 atom stereocenters. The molecule has 5 heteroatoms. The summed E-state index contributed by atoms with van der Waals surface area (Å²) in [7, 11) is 1.48. The van der Waals surface area contributed by atoms with Gasteiger partial charge in [-0.25, -0.2) is 4.79 Å². The van der Waals surface area contributed by atoms with Crippen LogP contribution in [-0.2, 0) is 9.53 Å². The summed E-state index contributed by atoms with van der Waals surface area (Å²) in [6.07, 6.45) is 0. The molecule has 0 bridgehead atoms. The van der Waals surface area contributed by atoms with Crippen LogP contribution >= 0.6 is 0 Å². The maximum absolute atomic E-state index is 12.2. The van der Waals surface area contributed by atoms with Gasteiger partial charge in [0.05, 0.1) is 12.7 Å². The molecule has 0 unspecified atom stereocenters. The predicted octanol–water partition coefficient (Wildman–Crippen LogP) is 3.43. The highest BCUT2D eigenvalue weighted by Gasteiger charge is 2.15. The molecule has 0 aliphatic heterocycles. The Kier molecular flexibility index (Phi) is 6.17. The molecule has 0 saturated heterocycles. The van der Waals surface area contributed by atoms with Crippen molar-refractivity contribution in [2.24, 2.45) is 0 Å². The zero-order valence-electron chi connectivity index (χ0n) is 14.9. The van der Waals surface area contributed by atoms with Crippen LogP contribution in [0.5, 0.6) is 11.5 Å². The fraction of sp³-hybridized carbons (Fsp3) is 0.300. The zero-order valence-corrected chi connectivity index (χ0v) is 14.9. The SMILES string of the molecule is COc1ccccc1C(=O)COC(=O)COc1c(C)cc(C)cc1C. The number of carbonyl (C=O) groups excluding carboxylic acids is 2. The molecule has 25 heavy (non-hydrogen) atoms. The normalized spacial score (nSPS) is 10.2. The number of benzene rings is 2. The quantitative estimate of drug-likeness (QED) is 0.570. The lowest BCUT2D eigenvalue weighted by Crippen LogP contribution is -2.20. The van der Waals surface area contributed by atoms with Gasteiger partial charge in [0.15, 0.2) is 13.2 Å². The third kappa shape index (κ3) is 4.83. The third-order valence-electron chi connectivity index (χ3n) is 3.71. The first-order valence-corrected chi connectivity index (χ1v) is 7.95. The van der Waals surface area contributed by atoms with E-state index in [2.05, 4.69) is 0 Å². The maximum Gasteiger partial charge on any atom is 0.344 e. The van der Waals surface area contributed by atoms with Gasteiger partial charge in [0.2, 0.25) is 5.78 Å². The van der Waals surface area contributed by atoms with E-state index >= 15 is 0 Å². The van der Waals surface area contributed by atoms with Gasteiger partial charge < -0.3 is 14.2 Å². The lowest BCUT2D eigenvalue weighted by molar-refractivity contribution is -0.144. The van der Waals surface area contributed by atoms with Gasteiger partial charge in [0, 0.05) is 0 Å². The van der Waals surface area contributed by atoms with E-state index in [1.54, 1.807) is 24.3 Å². The van der Waals surface area contributed by atoms with Crippen molar-refractivity contribution < 1.29 is 23.8 Å². The minimum atomic E-state index is -0.595. The molecule has 0 aliphatic carbocycles. The van der Waals surface area contributed by atoms with Crippen LogP contribution in [0.25, 0.3) is 0 Å². The smallest absolute Gasteiger partial charge is 0.344 e. The molecule has 0 aliphatic rings. The second-order valence-corrected chi connectivity index (χ2v) is 5.80. The van der Waals surface area contributed by atoms with E-state index in [0.29, 0.717) is 17.1 Å². The largest absolute Gasteiger partial charge is 0.496 e. The molecular weight excluding hydrogens is 320 g/mol. The van der Waals surface area contributed by atoms with Gasteiger partial charge in [-0.2, -0.15) is 0 Å². The Balaban J connectivity index is 1.90. The van der Waals surface area contributed by atoms with Gasteiger partial charge in [-0.15, -0.1) is 0 Å². The monoisotopic (exact) mass is 342 g/mol. The van der Waals surface area contributed by atoms with Crippen molar-refractivity contribution in [1.82, 2.24) is 0 Å². The molecule has 0 aromatic heterocycles. The number of rotatable bonds is 7. The van der Waals surface area contributed by atoms with Crippen LogP contribution < -0.4 is 9.47 Å². The van der Waals surface area contributed by atoms with Crippen LogP contribution in [0.4, 0.5) is 0 Å². The predicted molar refractivity (Wildman–Crippen MR) is 94.4 cm³/mol. The Hall–Kier alpha value is -2.82. The molecule has 2 aromatic rings. The molecule has 0 fully saturated rings. The first-order chi connectivity index (χ1) is 11.9.